The molecule has 0 rings (SSSR count). The third-order valence-corrected chi connectivity index (χ3v) is 3.56. The van der Waals surface area contributed by atoms with Crippen LogP contribution in [-0.4, -0.2) is 29.7 Å². The molecule has 22 heavy (non-hydrogen) atoms. The Morgan fingerprint density at radius 1 is 1.00 bits per heavy atom. The zero-order valence-corrected chi connectivity index (χ0v) is 15.1. The molecule has 0 fully saturated rings. The standard InChI is InChI=1S/C17H32N2O3/c1-11(2)15(16(22)18-12(3)13(4)20)19-14(21)9-8-10-17(5,6)7/h11-12,15H,8-10H2,1-7H3,(H,18,22)(H,19,21)/t12-,15?/m0/s1. The molecule has 0 aromatic rings. The van der Waals surface area contributed by atoms with Gasteiger partial charge in [-0.3, -0.25) is 14.4 Å². The van der Waals surface area contributed by atoms with E-state index in [4.69, 9.17) is 0 Å². The van der Waals surface area contributed by atoms with Crippen molar-refractivity contribution in [2.45, 2.75) is 79.8 Å². The SMILES string of the molecule is CC(=O)[C@H](C)NC(=O)C(NC(=O)CCCC(C)(C)C)C(C)C. The number of rotatable bonds is 8. The highest BCUT2D eigenvalue weighted by molar-refractivity contribution is 5.91. The van der Waals surface area contributed by atoms with E-state index in [9.17, 15) is 14.4 Å². The Morgan fingerprint density at radius 3 is 1.95 bits per heavy atom. The lowest BCUT2D eigenvalue weighted by Crippen LogP contribution is -2.52. The molecule has 0 heterocycles. The van der Waals surface area contributed by atoms with E-state index in [1.165, 1.54) is 6.92 Å². The van der Waals surface area contributed by atoms with Crippen LogP contribution in [-0.2, 0) is 14.4 Å². The van der Waals surface area contributed by atoms with Crippen LogP contribution >= 0.6 is 0 Å². The first-order valence-corrected chi connectivity index (χ1v) is 8.04. The summed E-state index contributed by atoms with van der Waals surface area (Å²) in [5, 5.41) is 5.43. The van der Waals surface area contributed by atoms with Gasteiger partial charge in [0, 0.05) is 6.42 Å². The van der Waals surface area contributed by atoms with Crippen molar-refractivity contribution < 1.29 is 14.4 Å². The van der Waals surface area contributed by atoms with E-state index >= 15 is 0 Å². The topological polar surface area (TPSA) is 75.3 Å². The number of hydrogen-bond acceptors (Lipinski definition) is 3. The van der Waals surface area contributed by atoms with Crippen molar-refractivity contribution in [3.05, 3.63) is 0 Å². The molecule has 0 spiro atoms. The number of nitrogens with one attached hydrogen (secondary N) is 2. The molecule has 0 aliphatic rings. The van der Waals surface area contributed by atoms with Crippen molar-refractivity contribution in [1.82, 2.24) is 10.6 Å². The molecule has 2 N–H and O–H groups in total. The van der Waals surface area contributed by atoms with Gasteiger partial charge in [-0.25, -0.2) is 0 Å². The van der Waals surface area contributed by atoms with Crippen molar-refractivity contribution >= 4 is 17.6 Å². The Labute approximate surface area is 134 Å². The zero-order chi connectivity index (χ0) is 17.5. The second-order valence-corrected chi connectivity index (χ2v) is 7.54. The van der Waals surface area contributed by atoms with Crippen molar-refractivity contribution in [2.24, 2.45) is 11.3 Å². The second kappa shape index (κ2) is 8.91. The predicted molar refractivity (Wildman–Crippen MR) is 88.4 cm³/mol. The van der Waals surface area contributed by atoms with Crippen LogP contribution in [0.15, 0.2) is 0 Å². The third kappa shape index (κ3) is 8.80. The maximum atomic E-state index is 12.2. The largest absolute Gasteiger partial charge is 0.345 e. The van der Waals surface area contributed by atoms with Crippen LogP contribution < -0.4 is 10.6 Å². The van der Waals surface area contributed by atoms with Gasteiger partial charge in [-0.15, -0.1) is 0 Å². The number of hydrogen-bond donors (Lipinski definition) is 2. The maximum Gasteiger partial charge on any atom is 0.243 e. The number of carbonyl (C=O) groups excluding carboxylic acids is 3. The third-order valence-electron chi connectivity index (χ3n) is 3.56. The lowest BCUT2D eigenvalue weighted by molar-refractivity contribution is -0.132. The Hall–Kier alpha value is -1.39. The molecule has 0 aliphatic heterocycles. The fourth-order valence-electron chi connectivity index (χ4n) is 1.96. The van der Waals surface area contributed by atoms with Crippen LogP contribution in [0.2, 0.25) is 0 Å². The molecule has 0 saturated heterocycles. The maximum absolute atomic E-state index is 12.2. The lowest BCUT2D eigenvalue weighted by atomic mass is 9.90. The summed E-state index contributed by atoms with van der Waals surface area (Å²) in [6.45, 7) is 13.2. The summed E-state index contributed by atoms with van der Waals surface area (Å²) >= 11 is 0. The molecule has 0 bridgehead atoms. The van der Waals surface area contributed by atoms with Gasteiger partial charge in [0.05, 0.1) is 6.04 Å². The molecule has 0 aromatic heterocycles. The summed E-state index contributed by atoms with van der Waals surface area (Å²) < 4.78 is 0. The summed E-state index contributed by atoms with van der Waals surface area (Å²) in [5.41, 5.74) is 0.200. The van der Waals surface area contributed by atoms with E-state index in [1.807, 2.05) is 13.8 Å². The van der Waals surface area contributed by atoms with E-state index in [2.05, 4.69) is 31.4 Å². The lowest BCUT2D eigenvalue weighted by Gasteiger charge is -2.24. The van der Waals surface area contributed by atoms with Gasteiger partial charge in [-0.1, -0.05) is 34.6 Å². The Balaban J connectivity index is 4.48. The van der Waals surface area contributed by atoms with Crippen molar-refractivity contribution in [3.63, 3.8) is 0 Å². The van der Waals surface area contributed by atoms with Crippen LogP contribution in [0.3, 0.4) is 0 Å². The highest BCUT2D eigenvalue weighted by atomic mass is 16.2. The van der Waals surface area contributed by atoms with Crippen LogP contribution in [0.25, 0.3) is 0 Å². The minimum atomic E-state index is -0.607. The molecule has 0 aliphatic carbocycles. The van der Waals surface area contributed by atoms with E-state index in [-0.39, 0.29) is 28.9 Å². The molecule has 2 amide bonds. The van der Waals surface area contributed by atoms with E-state index in [0.717, 1.165) is 12.8 Å². The summed E-state index contributed by atoms with van der Waals surface area (Å²) in [4.78, 5) is 35.4. The molecule has 128 valence electrons. The molecule has 0 saturated carbocycles. The molecular formula is C17H32N2O3. The first-order chi connectivity index (χ1) is 9.94. The zero-order valence-electron chi connectivity index (χ0n) is 15.1. The van der Waals surface area contributed by atoms with Crippen LogP contribution in [0.1, 0.15) is 67.7 Å². The summed E-state index contributed by atoms with van der Waals surface area (Å²) in [5.74, 6) is -0.562. The summed E-state index contributed by atoms with van der Waals surface area (Å²) in [7, 11) is 0. The number of amides is 2. The quantitative estimate of drug-likeness (QED) is 0.723. The van der Waals surface area contributed by atoms with Crippen LogP contribution in [0.5, 0.6) is 0 Å². The molecule has 5 nitrogen and oxygen atoms in total. The van der Waals surface area contributed by atoms with Gasteiger partial charge in [0.15, 0.2) is 5.78 Å². The second-order valence-electron chi connectivity index (χ2n) is 7.54. The normalized spacial score (nSPS) is 14.4. The monoisotopic (exact) mass is 312 g/mol. The molecule has 2 atom stereocenters. The Morgan fingerprint density at radius 2 is 1.55 bits per heavy atom. The van der Waals surface area contributed by atoms with Crippen molar-refractivity contribution in [3.8, 4) is 0 Å². The summed E-state index contributed by atoms with van der Waals surface area (Å²) in [6.07, 6.45) is 2.17. The first-order valence-electron chi connectivity index (χ1n) is 8.04. The fourth-order valence-corrected chi connectivity index (χ4v) is 1.96. The molecule has 0 aromatic carbocycles. The number of Topliss-reactive ketones (excluding diaryl/α,β-unsaturated/α-hetero) is 1. The average Bonchev–Trinajstić information content (AvgIpc) is 2.33. The minimum Gasteiger partial charge on any atom is -0.345 e. The van der Waals surface area contributed by atoms with E-state index in [1.54, 1.807) is 6.92 Å². The minimum absolute atomic E-state index is 0.0364. The van der Waals surface area contributed by atoms with Gasteiger partial charge in [-0.2, -0.15) is 0 Å². The highest BCUT2D eigenvalue weighted by Crippen LogP contribution is 2.21. The average molecular weight is 312 g/mol. The number of carbonyl (C=O) groups is 3. The van der Waals surface area contributed by atoms with Gasteiger partial charge in [0.2, 0.25) is 11.8 Å². The highest BCUT2D eigenvalue weighted by Gasteiger charge is 2.26. The van der Waals surface area contributed by atoms with Crippen LogP contribution in [0.4, 0.5) is 0 Å². The number of ketones is 1. The van der Waals surface area contributed by atoms with Gasteiger partial charge in [0.25, 0.3) is 0 Å². The van der Waals surface area contributed by atoms with Crippen molar-refractivity contribution in [1.29, 1.82) is 0 Å². The van der Waals surface area contributed by atoms with E-state index in [0.29, 0.717) is 6.42 Å². The van der Waals surface area contributed by atoms with Gasteiger partial charge >= 0.3 is 0 Å². The van der Waals surface area contributed by atoms with E-state index < -0.39 is 12.1 Å². The van der Waals surface area contributed by atoms with Crippen molar-refractivity contribution in [2.75, 3.05) is 0 Å². The molecular weight excluding hydrogens is 280 g/mol. The smallest absolute Gasteiger partial charge is 0.243 e. The van der Waals surface area contributed by atoms with Gasteiger partial charge in [0.1, 0.15) is 6.04 Å². The van der Waals surface area contributed by atoms with Gasteiger partial charge < -0.3 is 10.6 Å². The Kier molecular flexibility index (Phi) is 8.35. The fraction of sp³-hybridized carbons (Fsp3) is 0.824. The van der Waals surface area contributed by atoms with Gasteiger partial charge in [-0.05, 0) is 38.0 Å². The molecule has 1 unspecified atom stereocenters. The molecule has 0 radical (unpaired) electrons. The molecule has 5 heteroatoms. The first kappa shape index (κ1) is 20.6. The van der Waals surface area contributed by atoms with Crippen LogP contribution in [0, 0.1) is 11.3 Å². The Bertz CT molecular complexity index is 397. The summed E-state index contributed by atoms with van der Waals surface area (Å²) in [6, 6.07) is -1.14. The predicted octanol–water partition coefficient (Wildman–Crippen LogP) is 2.44.